The topological polar surface area (TPSA) is 139 Å². The van der Waals surface area contributed by atoms with E-state index in [0.29, 0.717) is 16.3 Å². The predicted octanol–water partition coefficient (Wildman–Crippen LogP) is 3.14. The van der Waals surface area contributed by atoms with Gasteiger partial charge < -0.3 is 28.9 Å². The lowest BCUT2D eigenvalue weighted by molar-refractivity contribution is -0.769. The lowest BCUT2D eigenvalue weighted by atomic mass is 9.92. The van der Waals surface area contributed by atoms with Crippen LogP contribution >= 0.6 is 11.6 Å². The molecule has 2 aromatic rings. The highest BCUT2D eigenvalue weighted by Crippen LogP contribution is 2.47. The third-order valence-corrected chi connectivity index (χ3v) is 6.37. The number of fused-ring (bicyclic) bond motifs is 2. The summed E-state index contributed by atoms with van der Waals surface area (Å²) < 4.78 is 22.9. The molecule has 3 aliphatic heterocycles. The van der Waals surface area contributed by atoms with Crippen LogP contribution in [0.5, 0.6) is 0 Å². The van der Waals surface area contributed by atoms with E-state index < -0.39 is 41.8 Å². The molecule has 11 nitrogen and oxygen atoms in total. The van der Waals surface area contributed by atoms with Gasteiger partial charge in [-0.2, -0.15) is 0 Å². The number of pyridine rings is 1. The van der Waals surface area contributed by atoms with Crippen molar-refractivity contribution >= 4 is 17.8 Å². The van der Waals surface area contributed by atoms with Gasteiger partial charge in [-0.05, 0) is 30.2 Å². The first-order chi connectivity index (χ1) is 15.8. The maximum absolute atomic E-state index is 11.4. The van der Waals surface area contributed by atoms with Crippen LogP contribution in [0, 0.1) is 17.0 Å². The van der Waals surface area contributed by atoms with Crippen molar-refractivity contribution in [2.75, 3.05) is 6.61 Å². The molecule has 4 heterocycles. The van der Waals surface area contributed by atoms with E-state index in [1.807, 2.05) is 12.1 Å². The molecule has 0 radical (unpaired) electrons. The Kier molecular flexibility index (Phi) is 5.57. The molecule has 0 aliphatic carbocycles. The zero-order valence-corrected chi connectivity index (χ0v) is 18.0. The van der Waals surface area contributed by atoms with Crippen LogP contribution in [0.1, 0.15) is 40.2 Å². The minimum atomic E-state index is -1.51. The van der Waals surface area contributed by atoms with Crippen LogP contribution in [0.2, 0.25) is 5.02 Å². The zero-order chi connectivity index (χ0) is 23.3. The molecule has 5 rings (SSSR count). The molecule has 33 heavy (non-hydrogen) atoms. The molecule has 0 amide bonds. The van der Waals surface area contributed by atoms with Gasteiger partial charge in [-0.25, -0.2) is 4.79 Å². The Bertz CT molecular complexity index is 1100. The average molecular weight is 479 g/mol. The third kappa shape index (κ3) is 3.86. The van der Waals surface area contributed by atoms with E-state index >= 15 is 0 Å². The molecule has 174 valence electrons. The second-order valence-corrected chi connectivity index (χ2v) is 8.41. The summed E-state index contributed by atoms with van der Waals surface area (Å²) in [5.41, 5.74) is 3.72. The molecule has 0 bridgehead atoms. The molecule has 6 atom stereocenters. The summed E-state index contributed by atoms with van der Waals surface area (Å²) in [6.45, 7) is 1.90. The number of carbonyl (C=O) groups is 1. The van der Waals surface area contributed by atoms with Crippen LogP contribution in [-0.2, 0) is 30.4 Å². The summed E-state index contributed by atoms with van der Waals surface area (Å²) >= 11 is 6.00. The number of aromatic nitrogens is 1. The minimum absolute atomic E-state index is 0.117. The lowest BCUT2D eigenvalue weighted by Gasteiger charge is -2.24. The van der Waals surface area contributed by atoms with Crippen LogP contribution in [-0.4, -0.2) is 52.4 Å². The van der Waals surface area contributed by atoms with Crippen molar-refractivity contribution in [3.63, 3.8) is 0 Å². The van der Waals surface area contributed by atoms with E-state index in [1.54, 1.807) is 25.3 Å². The van der Waals surface area contributed by atoms with Crippen molar-refractivity contribution in [1.29, 1.82) is 0 Å². The number of ether oxygens (including phenoxy) is 4. The van der Waals surface area contributed by atoms with Gasteiger partial charge in [0.25, 0.3) is 5.09 Å². The monoisotopic (exact) mass is 478 g/mol. The van der Waals surface area contributed by atoms with Gasteiger partial charge >= 0.3 is 6.16 Å². The first kappa shape index (κ1) is 21.8. The first-order valence-corrected chi connectivity index (χ1v) is 10.5. The summed E-state index contributed by atoms with van der Waals surface area (Å²) in [6, 6.07) is 7.26. The largest absolute Gasteiger partial charge is 0.506 e. The van der Waals surface area contributed by atoms with E-state index in [0.717, 1.165) is 16.7 Å². The van der Waals surface area contributed by atoms with Crippen LogP contribution in [0.4, 0.5) is 4.79 Å². The molecule has 0 saturated carbocycles. The number of hydrogen-bond acceptors (Lipinski definition) is 9. The Morgan fingerprint density at radius 2 is 2.03 bits per heavy atom. The number of nitrogens with zero attached hydrogens (tertiary/aromatic N) is 2. The maximum atomic E-state index is 11.4. The van der Waals surface area contributed by atoms with Crippen molar-refractivity contribution in [2.45, 2.75) is 50.2 Å². The number of benzene rings is 1. The molecule has 3 aliphatic rings. The summed E-state index contributed by atoms with van der Waals surface area (Å²) in [4.78, 5) is 31.5. The fourth-order valence-corrected chi connectivity index (χ4v) is 4.90. The first-order valence-electron chi connectivity index (χ1n) is 10.2. The number of halogens is 1. The molecule has 1 unspecified atom stereocenters. The highest BCUT2D eigenvalue weighted by Gasteiger charge is 2.57. The van der Waals surface area contributed by atoms with Crippen LogP contribution in [0.3, 0.4) is 0 Å². The average Bonchev–Trinajstić information content (AvgIpc) is 3.44. The third-order valence-electron chi connectivity index (χ3n) is 6.12. The van der Waals surface area contributed by atoms with E-state index in [4.69, 9.17) is 30.5 Å². The van der Waals surface area contributed by atoms with Crippen molar-refractivity contribution in [3.8, 4) is 0 Å². The molecular weight excluding hydrogens is 460 g/mol. The second kappa shape index (κ2) is 8.41. The van der Waals surface area contributed by atoms with Gasteiger partial charge in [0.05, 0.1) is 13.2 Å². The lowest BCUT2D eigenvalue weighted by Crippen LogP contribution is -2.36. The van der Waals surface area contributed by atoms with Gasteiger partial charge in [-0.3, -0.25) is 4.98 Å². The molecule has 12 heteroatoms. The van der Waals surface area contributed by atoms with Gasteiger partial charge in [-0.1, -0.05) is 23.7 Å². The normalized spacial score (nSPS) is 30.0. The molecule has 1 N–H and O–H groups in total. The molecule has 2 fully saturated rings. The Morgan fingerprint density at radius 3 is 2.73 bits per heavy atom. The van der Waals surface area contributed by atoms with Crippen molar-refractivity contribution < 1.29 is 38.8 Å². The second-order valence-electron chi connectivity index (χ2n) is 7.97. The van der Waals surface area contributed by atoms with Gasteiger partial charge in [0.2, 0.25) is 0 Å². The fraction of sp³-hybridized carbons (Fsp3) is 0.429. The molecule has 1 aromatic heterocycles. The smallest absolute Gasteiger partial charge is 0.450 e. The van der Waals surface area contributed by atoms with E-state index in [2.05, 4.69) is 9.82 Å². The van der Waals surface area contributed by atoms with Gasteiger partial charge in [0.1, 0.15) is 24.4 Å². The molecule has 2 saturated heterocycles. The van der Waals surface area contributed by atoms with Crippen molar-refractivity contribution in [3.05, 3.63) is 73.5 Å². The Labute approximate surface area is 192 Å². The van der Waals surface area contributed by atoms with Crippen LogP contribution in [0.25, 0.3) is 0 Å². The molecule has 1 aromatic carbocycles. The Balaban J connectivity index is 1.52. The van der Waals surface area contributed by atoms with Gasteiger partial charge in [-0.15, -0.1) is 10.1 Å². The summed E-state index contributed by atoms with van der Waals surface area (Å²) in [6.07, 6.45) is -4.87. The van der Waals surface area contributed by atoms with E-state index in [-0.39, 0.29) is 19.3 Å². The number of hydrogen-bond donors (Lipinski definition) is 1. The maximum Gasteiger partial charge on any atom is 0.506 e. The Hall–Kier alpha value is -2.99. The minimum Gasteiger partial charge on any atom is -0.450 e. The summed E-state index contributed by atoms with van der Waals surface area (Å²) in [5, 5.41) is 19.9. The highest BCUT2D eigenvalue weighted by molar-refractivity contribution is 6.30. The van der Waals surface area contributed by atoms with Crippen molar-refractivity contribution in [2.24, 2.45) is 0 Å². The predicted molar refractivity (Wildman–Crippen MR) is 109 cm³/mol. The quantitative estimate of drug-likeness (QED) is 0.387. The van der Waals surface area contributed by atoms with E-state index in [1.165, 1.54) is 0 Å². The number of carboxylic acid groups (broad SMARTS) is 1. The SMILES string of the molecule is Cc1ncc2c(c1[C@@H]1O[C@H]3[C@@H](OC[C@@H]3O[N+](=O)[O-])[C@H]1OC(=O)O)COC2c1ccc(Cl)cc1. The summed E-state index contributed by atoms with van der Waals surface area (Å²) in [7, 11) is 0. The summed E-state index contributed by atoms with van der Waals surface area (Å²) in [5.74, 6) is 0. The molecular formula is C21H19ClN2O9. The Morgan fingerprint density at radius 1 is 1.27 bits per heavy atom. The standard InChI is InChI=1S/C21H19ClN2O9/c1-9-15(13-7-29-16(12(13)6-23-9)10-2-4-11(22)5-3-10)18-20(32-21(25)26)19-17(31-18)14(8-30-19)33-24(27)28/h2-6,14,16-20H,7-8H2,1H3,(H,25,26)/t14-,16?,17+,18-,19+,20-/m0/s1. The zero-order valence-electron chi connectivity index (χ0n) is 17.3. The number of rotatable bonds is 5. The number of aryl methyl sites for hydroxylation is 1. The fourth-order valence-electron chi connectivity index (χ4n) is 4.77. The highest BCUT2D eigenvalue weighted by atomic mass is 35.5. The van der Waals surface area contributed by atoms with E-state index in [9.17, 15) is 20.0 Å². The van der Waals surface area contributed by atoms with Gasteiger partial charge in [0.15, 0.2) is 12.2 Å². The van der Waals surface area contributed by atoms with Gasteiger partial charge in [0, 0.05) is 28.0 Å². The van der Waals surface area contributed by atoms with Crippen LogP contribution in [0.15, 0.2) is 30.5 Å². The molecule has 0 spiro atoms. The van der Waals surface area contributed by atoms with Crippen molar-refractivity contribution in [1.82, 2.24) is 4.98 Å². The van der Waals surface area contributed by atoms with Crippen LogP contribution < -0.4 is 0 Å².